The molecule has 1 atom stereocenters. The maximum Gasteiger partial charge on any atom is 0.272 e. The lowest BCUT2D eigenvalue weighted by molar-refractivity contribution is -0.385. The standard InChI is InChI=1S/C17H17N5O2/c1-12-10-14(8-9-17(12)22(23)24)18-13(2)16-11-21(20-19-16)15-6-4-3-5-7-15/h3-11,13,18H,1-2H3. The van der Waals surface area contributed by atoms with Gasteiger partial charge >= 0.3 is 0 Å². The molecule has 0 spiro atoms. The summed E-state index contributed by atoms with van der Waals surface area (Å²) in [6, 6.07) is 14.6. The fourth-order valence-corrected chi connectivity index (χ4v) is 2.46. The number of nitrogens with zero attached hydrogens (tertiary/aromatic N) is 4. The molecule has 7 heteroatoms. The van der Waals surface area contributed by atoms with E-state index in [4.69, 9.17) is 0 Å². The first-order valence-corrected chi connectivity index (χ1v) is 7.54. The quantitative estimate of drug-likeness (QED) is 0.572. The third-order valence-corrected chi connectivity index (χ3v) is 3.75. The third-order valence-electron chi connectivity index (χ3n) is 3.75. The van der Waals surface area contributed by atoms with Crippen molar-refractivity contribution in [2.45, 2.75) is 19.9 Å². The van der Waals surface area contributed by atoms with Gasteiger partial charge in [0.05, 0.1) is 22.8 Å². The van der Waals surface area contributed by atoms with Crippen molar-refractivity contribution in [1.82, 2.24) is 15.0 Å². The van der Waals surface area contributed by atoms with Crippen molar-refractivity contribution in [3.05, 3.63) is 76.1 Å². The van der Waals surface area contributed by atoms with Crippen molar-refractivity contribution < 1.29 is 4.92 Å². The normalized spacial score (nSPS) is 11.9. The lowest BCUT2D eigenvalue weighted by Gasteiger charge is -2.13. The number of nitro benzene ring substituents is 1. The van der Waals surface area contributed by atoms with Crippen molar-refractivity contribution >= 4 is 11.4 Å². The highest BCUT2D eigenvalue weighted by Gasteiger charge is 2.14. The van der Waals surface area contributed by atoms with Crippen LogP contribution in [-0.2, 0) is 0 Å². The van der Waals surface area contributed by atoms with Gasteiger partial charge in [-0.15, -0.1) is 5.10 Å². The maximum absolute atomic E-state index is 10.9. The van der Waals surface area contributed by atoms with Gasteiger partial charge in [0.2, 0.25) is 0 Å². The van der Waals surface area contributed by atoms with Crippen LogP contribution in [0.3, 0.4) is 0 Å². The second-order valence-electron chi connectivity index (χ2n) is 5.55. The average Bonchev–Trinajstić information content (AvgIpc) is 3.05. The summed E-state index contributed by atoms with van der Waals surface area (Å²) in [6.45, 7) is 3.69. The Balaban J connectivity index is 1.76. The van der Waals surface area contributed by atoms with Gasteiger partial charge in [0.25, 0.3) is 5.69 Å². The van der Waals surface area contributed by atoms with Crippen LogP contribution in [-0.4, -0.2) is 19.9 Å². The minimum Gasteiger partial charge on any atom is -0.377 e. The SMILES string of the molecule is Cc1cc(NC(C)c2cn(-c3ccccc3)nn2)ccc1[N+](=O)[O-]. The molecule has 0 amide bonds. The molecule has 0 saturated carbocycles. The Morgan fingerprint density at radius 3 is 2.62 bits per heavy atom. The van der Waals surface area contributed by atoms with E-state index in [1.54, 1.807) is 23.7 Å². The molecule has 24 heavy (non-hydrogen) atoms. The van der Waals surface area contributed by atoms with E-state index in [0.29, 0.717) is 5.56 Å². The lowest BCUT2D eigenvalue weighted by Crippen LogP contribution is -2.07. The van der Waals surface area contributed by atoms with Crippen LogP contribution in [0, 0.1) is 17.0 Å². The van der Waals surface area contributed by atoms with E-state index < -0.39 is 0 Å². The Morgan fingerprint density at radius 1 is 1.21 bits per heavy atom. The molecule has 2 aromatic carbocycles. The molecule has 1 unspecified atom stereocenters. The zero-order valence-electron chi connectivity index (χ0n) is 13.4. The Kier molecular flexibility index (Phi) is 4.24. The Morgan fingerprint density at radius 2 is 1.96 bits per heavy atom. The summed E-state index contributed by atoms with van der Waals surface area (Å²) in [5.74, 6) is 0. The van der Waals surface area contributed by atoms with Crippen molar-refractivity contribution in [3.8, 4) is 5.69 Å². The third kappa shape index (κ3) is 3.24. The predicted octanol–water partition coefficient (Wildman–Crippen LogP) is 3.66. The molecular weight excluding hydrogens is 306 g/mol. The molecule has 0 saturated heterocycles. The lowest BCUT2D eigenvalue weighted by atomic mass is 10.1. The number of aryl methyl sites for hydroxylation is 1. The number of hydrogen-bond donors (Lipinski definition) is 1. The molecule has 3 aromatic rings. The number of nitrogens with one attached hydrogen (secondary N) is 1. The van der Waals surface area contributed by atoms with Crippen molar-refractivity contribution in [2.75, 3.05) is 5.32 Å². The summed E-state index contributed by atoms with van der Waals surface area (Å²) in [7, 11) is 0. The van der Waals surface area contributed by atoms with Crippen molar-refractivity contribution in [3.63, 3.8) is 0 Å². The Bertz CT molecular complexity index is 860. The molecule has 0 aliphatic carbocycles. The number of nitro groups is 1. The molecule has 0 aliphatic heterocycles. The summed E-state index contributed by atoms with van der Waals surface area (Å²) < 4.78 is 1.72. The first kappa shape index (κ1) is 15.7. The highest BCUT2D eigenvalue weighted by molar-refractivity contribution is 5.54. The second kappa shape index (κ2) is 6.49. The van der Waals surface area contributed by atoms with E-state index in [0.717, 1.165) is 17.1 Å². The zero-order chi connectivity index (χ0) is 17.1. The number of benzene rings is 2. The number of rotatable bonds is 5. The van der Waals surface area contributed by atoms with E-state index in [1.165, 1.54) is 6.07 Å². The number of anilines is 1. The molecule has 7 nitrogen and oxygen atoms in total. The van der Waals surface area contributed by atoms with Crippen LogP contribution in [0.2, 0.25) is 0 Å². The summed E-state index contributed by atoms with van der Waals surface area (Å²) >= 11 is 0. The molecule has 0 aliphatic rings. The molecule has 0 fully saturated rings. The van der Waals surface area contributed by atoms with Gasteiger partial charge in [-0.2, -0.15) is 0 Å². The molecule has 0 radical (unpaired) electrons. The fraction of sp³-hybridized carbons (Fsp3) is 0.176. The van der Waals surface area contributed by atoms with Gasteiger partial charge < -0.3 is 5.32 Å². The van der Waals surface area contributed by atoms with Gasteiger partial charge in [-0.25, -0.2) is 4.68 Å². The van der Waals surface area contributed by atoms with Gasteiger partial charge in [0, 0.05) is 17.3 Å². The summed E-state index contributed by atoms with van der Waals surface area (Å²) in [6.07, 6.45) is 1.87. The van der Waals surface area contributed by atoms with E-state index in [9.17, 15) is 10.1 Å². The Labute approximate surface area is 139 Å². The first-order valence-electron chi connectivity index (χ1n) is 7.54. The minimum absolute atomic E-state index is 0.0803. The number of hydrogen-bond acceptors (Lipinski definition) is 5. The predicted molar refractivity (Wildman–Crippen MR) is 91.2 cm³/mol. The molecule has 122 valence electrons. The van der Waals surface area contributed by atoms with Gasteiger partial charge in [0.1, 0.15) is 5.69 Å². The van der Waals surface area contributed by atoms with E-state index in [1.807, 2.05) is 43.5 Å². The van der Waals surface area contributed by atoms with E-state index in [-0.39, 0.29) is 16.7 Å². The highest BCUT2D eigenvalue weighted by Crippen LogP contribution is 2.24. The molecule has 1 N–H and O–H groups in total. The minimum atomic E-state index is -0.381. The van der Waals surface area contributed by atoms with Crippen LogP contribution in [0.5, 0.6) is 0 Å². The monoisotopic (exact) mass is 323 g/mol. The average molecular weight is 323 g/mol. The van der Waals surface area contributed by atoms with Crippen LogP contribution < -0.4 is 5.32 Å². The van der Waals surface area contributed by atoms with E-state index in [2.05, 4.69) is 15.6 Å². The molecule has 0 bridgehead atoms. The van der Waals surface area contributed by atoms with Crippen LogP contribution in [0.4, 0.5) is 11.4 Å². The van der Waals surface area contributed by atoms with Gasteiger partial charge in [-0.1, -0.05) is 23.4 Å². The molecule has 1 aromatic heterocycles. The maximum atomic E-state index is 10.9. The van der Waals surface area contributed by atoms with Crippen LogP contribution in [0.15, 0.2) is 54.7 Å². The summed E-state index contributed by atoms with van der Waals surface area (Å²) in [4.78, 5) is 10.5. The van der Waals surface area contributed by atoms with E-state index >= 15 is 0 Å². The smallest absolute Gasteiger partial charge is 0.272 e. The van der Waals surface area contributed by atoms with Crippen molar-refractivity contribution in [1.29, 1.82) is 0 Å². The topological polar surface area (TPSA) is 85.9 Å². The van der Waals surface area contributed by atoms with Crippen LogP contribution in [0.1, 0.15) is 24.2 Å². The summed E-state index contributed by atoms with van der Waals surface area (Å²) in [5.41, 5.74) is 3.26. The van der Waals surface area contributed by atoms with Gasteiger partial charge in [-0.3, -0.25) is 10.1 Å². The number of para-hydroxylation sites is 1. The van der Waals surface area contributed by atoms with Crippen molar-refractivity contribution in [2.24, 2.45) is 0 Å². The highest BCUT2D eigenvalue weighted by atomic mass is 16.6. The van der Waals surface area contributed by atoms with Crippen LogP contribution in [0.25, 0.3) is 5.69 Å². The second-order valence-corrected chi connectivity index (χ2v) is 5.55. The molecular formula is C17H17N5O2. The van der Waals surface area contributed by atoms with Crippen LogP contribution >= 0.6 is 0 Å². The largest absolute Gasteiger partial charge is 0.377 e. The zero-order valence-corrected chi connectivity index (χ0v) is 13.4. The molecule has 3 rings (SSSR count). The first-order chi connectivity index (χ1) is 11.5. The van der Waals surface area contributed by atoms with Gasteiger partial charge in [0.15, 0.2) is 0 Å². The van der Waals surface area contributed by atoms with Gasteiger partial charge in [-0.05, 0) is 38.1 Å². The number of aromatic nitrogens is 3. The summed E-state index contributed by atoms with van der Waals surface area (Å²) in [5, 5.41) is 22.5. The fourth-order valence-electron chi connectivity index (χ4n) is 2.46. The Hall–Kier alpha value is -3.22. The molecule has 1 heterocycles.